The minimum Gasteiger partial charge on any atom is -0.480 e. The van der Waals surface area contributed by atoms with E-state index in [9.17, 15) is 24.3 Å². The third kappa shape index (κ3) is 8.49. The Morgan fingerprint density at radius 3 is 2.06 bits per heavy atom. The highest BCUT2D eigenvalue weighted by molar-refractivity contribution is 5.94. The van der Waals surface area contributed by atoms with Gasteiger partial charge in [0.25, 0.3) is 0 Å². The number of nitrogens with one attached hydrogen (secondary N) is 4. The molecule has 36 heavy (non-hydrogen) atoms. The number of rotatable bonds is 13. The maximum absolute atomic E-state index is 13.3. The number of benzene rings is 1. The molecule has 0 saturated heterocycles. The van der Waals surface area contributed by atoms with E-state index < -0.39 is 47.9 Å². The van der Waals surface area contributed by atoms with Crippen LogP contribution in [0.2, 0.25) is 0 Å². The molecule has 7 N–H and O–H groups in total. The normalized spacial score (nSPS) is 14.5. The van der Waals surface area contributed by atoms with Gasteiger partial charge >= 0.3 is 5.97 Å². The summed E-state index contributed by atoms with van der Waals surface area (Å²) in [6.45, 7) is 7.07. The van der Waals surface area contributed by atoms with Crippen molar-refractivity contribution in [3.63, 3.8) is 0 Å². The molecule has 0 spiro atoms. The van der Waals surface area contributed by atoms with Crippen molar-refractivity contribution in [2.24, 2.45) is 17.6 Å². The van der Waals surface area contributed by atoms with Crippen LogP contribution in [0, 0.1) is 11.8 Å². The first-order chi connectivity index (χ1) is 17.0. The molecule has 1 aromatic heterocycles. The van der Waals surface area contributed by atoms with Crippen molar-refractivity contribution in [2.45, 2.75) is 64.7 Å². The third-order valence-corrected chi connectivity index (χ3v) is 5.78. The van der Waals surface area contributed by atoms with E-state index in [0.29, 0.717) is 5.69 Å². The Labute approximate surface area is 210 Å². The fourth-order valence-corrected chi connectivity index (χ4v) is 3.50. The van der Waals surface area contributed by atoms with E-state index in [2.05, 4.69) is 25.9 Å². The average molecular weight is 501 g/mol. The van der Waals surface area contributed by atoms with Crippen LogP contribution in [0.15, 0.2) is 42.9 Å². The number of imidazole rings is 1. The Morgan fingerprint density at radius 1 is 0.889 bits per heavy atom. The molecule has 0 fully saturated rings. The van der Waals surface area contributed by atoms with Crippen molar-refractivity contribution in [1.29, 1.82) is 0 Å². The second-order valence-corrected chi connectivity index (χ2v) is 9.43. The molecule has 11 heteroatoms. The summed E-state index contributed by atoms with van der Waals surface area (Å²) in [6.07, 6.45) is 3.08. The summed E-state index contributed by atoms with van der Waals surface area (Å²) in [4.78, 5) is 57.4. The van der Waals surface area contributed by atoms with Crippen LogP contribution in [0.3, 0.4) is 0 Å². The number of hydrogen-bond donors (Lipinski definition) is 6. The zero-order chi connectivity index (χ0) is 26.8. The fourth-order valence-electron chi connectivity index (χ4n) is 3.50. The van der Waals surface area contributed by atoms with Crippen LogP contribution in [-0.4, -0.2) is 62.9 Å². The van der Waals surface area contributed by atoms with Crippen molar-refractivity contribution >= 4 is 23.7 Å². The van der Waals surface area contributed by atoms with E-state index in [4.69, 9.17) is 5.73 Å². The Kier molecular flexibility index (Phi) is 10.6. The van der Waals surface area contributed by atoms with E-state index in [1.54, 1.807) is 27.7 Å². The van der Waals surface area contributed by atoms with E-state index in [1.807, 2.05) is 30.3 Å². The van der Waals surface area contributed by atoms with Crippen molar-refractivity contribution in [3.05, 3.63) is 54.1 Å². The number of hydrogen-bond acceptors (Lipinski definition) is 6. The number of carbonyl (C=O) groups excluding carboxylic acids is 3. The molecule has 1 aromatic carbocycles. The monoisotopic (exact) mass is 500 g/mol. The number of nitrogens with zero attached hydrogens (tertiary/aromatic N) is 1. The lowest BCUT2D eigenvalue weighted by molar-refractivity contribution is -0.142. The van der Waals surface area contributed by atoms with E-state index >= 15 is 0 Å². The molecule has 1 heterocycles. The van der Waals surface area contributed by atoms with Crippen molar-refractivity contribution < 1.29 is 24.3 Å². The number of amides is 3. The summed E-state index contributed by atoms with van der Waals surface area (Å²) >= 11 is 0. The predicted molar refractivity (Wildman–Crippen MR) is 134 cm³/mol. The highest BCUT2D eigenvalue weighted by atomic mass is 16.4. The lowest BCUT2D eigenvalue weighted by Crippen LogP contribution is -2.59. The maximum atomic E-state index is 13.3. The fraction of sp³-hybridized carbons (Fsp3) is 0.480. The molecular weight excluding hydrogens is 464 g/mol. The molecule has 196 valence electrons. The van der Waals surface area contributed by atoms with Crippen LogP contribution in [0.25, 0.3) is 0 Å². The first kappa shape index (κ1) is 28.5. The molecule has 0 radical (unpaired) electrons. The van der Waals surface area contributed by atoms with Crippen molar-refractivity contribution in [3.8, 4) is 0 Å². The summed E-state index contributed by atoms with van der Waals surface area (Å²) in [5.74, 6) is -3.41. The first-order valence-corrected chi connectivity index (χ1v) is 11.9. The molecular formula is C25H36N6O5. The van der Waals surface area contributed by atoms with Crippen molar-refractivity contribution in [1.82, 2.24) is 25.9 Å². The van der Waals surface area contributed by atoms with E-state index in [0.717, 1.165) is 5.56 Å². The second kappa shape index (κ2) is 13.4. The highest BCUT2D eigenvalue weighted by Gasteiger charge is 2.32. The van der Waals surface area contributed by atoms with Crippen LogP contribution in [0.1, 0.15) is 39.0 Å². The van der Waals surface area contributed by atoms with Crippen molar-refractivity contribution in [2.75, 3.05) is 0 Å². The van der Waals surface area contributed by atoms with Crippen LogP contribution in [0.4, 0.5) is 0 Å². The Morgan fingerprint density at radius 2 is 1.53 bits per heavy atom. The Bertz CT molecular complexity index is 1010. The molecule has 4 atom stereocenters. The topological polar surface area (TPSA) is 179 Å². The smallest absolute Gasteiger partial charge is 0.326 e. The maximum Gasteiger partial charge on any atom is 0.326 e. The van der Waals surface area contributed by atoms with E-state index in [1.165, 1.54) is 12.5 Å². The van der Waals surface area contributed by atoms with Gasteiger partial charge in [0.1, 0.15) is 18.1 Å². The summed E-state index contributed by atoms with van der Waals surface area (Å²) in [5, 5.41) is 17.5. The van der Waals surface area contributed by atoms with Gasteiger partial charge in [-0.25, -0.2) is 9.78 Å². The van der Waals surface area contributed by atoms with Gasteiger partial charge in [0, 0.05) is 24.7 Å². The molecule has 0 saturated carbocycles. The number of aromatic nitrogens is 2. The summed E-state index contributed by atoms with van der Waals surface area (Å²) in [5.41, 5.74) is 7.32. The quantitative estimate of drug-likeness (QED) is 0.230. The van der Waals surface area contributed by atoms with Gasteiger partial charge in [-0.2, -0.15) is 0 Å². The molecule has 2 rings (SSSR count). The van der Waals surface area contributed by atoms with Gasteiger partial charge in [-0.05, 0) is 17.4 Å². The molecule has 0 aliphatic carbocycles. The zero-order valence-electron chi connectivity index (χ0n) is 21.0. The Balaban J connectivity index is 2.18. The van der Waals surface area contributed by atoms with Gasteiger partial charge in [-0.3, -0.25) is 14.4 Å². The van der Waals surface area contributed by atoms with Gasteiger partial charge in [0.05, 0.1) is 12.4 Å². The van der Waals surface area contributed by atoms with Gasteiger partial charge in [0.2, 0.25) is 17.7 Å². The lowest BCUT2D eigenvalue weighted by atomic mass is 9.99. The van der Waals surface area contributed by atoms with Crippen LogP contribution >= 0.6 is 0 Å². The average Bonchev–Trinajstić information content (AvgIpc) is 3.34. The number of aliphatic carboxylic acids is 1. The number of carboxylic acid groups (broad SMARTS) is 1. The molecule has 0 aliphatic rings. The van der Waals surface area contributed by atoms with Gasteiger partial charge < -0.3 is 31.8 Å². The zero-order valence-corrected chi connectivity index (χ0v) is 21.0. The van der Waals surface area contributed by atoms with Gasteiger partial charge in [-0.15, -0.1) is 0 Å². The molecule has 3 amide bonds. The Hall–Kier alpha value is -3.73. The molecule has 0 aliphatic heterocycles. The lowest BCUT2D eigenvalue weighted by Gasteiger charge is -2.27. The third-order valence-electron chi connectivity index (χ3n) is 5.78. The highest BCUT2D eigenvalue weighted by Crippen LogP contribution is 2.09. The molecule has 0 bridgehead atoms. The SMILES string of the molecule is CC(C)C(N)C(=O)NC(Cc1ccccc1)C(=O)NC(C(=O)NC(Cc1cnc[nH]1)C(=O)O)C(C)C. The molecule has 4 unspecified atom stereocenters. The number of aromatic amines is 1. The minimum absolute atomic E-state index is 0.000382. The van der Waals surface area contributed by atoms with Gasteiger partial charge in [0.15, 0.2) is 0 Å². The summed E-state index contributed by atoms with van der Waals surface area (Å²) in [7, 11) is 0. The van der Waals surface area contributed by atoms with Crippen LogP contribution in [0.5, 0.6) is 0 Å². The summed E-state index contributed by atoms with van der Waals surface area (Å²) in [6, 6.07) is 5.09. The predicted octanol–water partition coefficient (Wildman–Crippen LogP) is 0.373. The number of H-pyrrole nitrogens is 1. The van der Waals surface area contributed by atoms with E-state index in [-0.39, 0.29) is 24.7 Å². The van der Waals surface area contributed by atoms with Crippen LogP contribution in [-0.2, 0) is 32.0 Å². The summed E-state index contributed by atoms with van der Waals surface area (Å²) < 4.78 is 0. The molecule has 2 aromatic rings. The van der Waals surface area contributed by atoms with Crippen LogP contribution < -0.4 is 21.7 Å². The number of carbonyl (C=O) groups is 4. The standard InChI is InChI=1S/C25H36N6O5/c1-14(2)20(26)23(33)29-18(10-16-8-6-5-7-9-16)22(32)31-21(15(3)4)24(34)30-19(25(35)36)11-17-12-27-13-28-17/h5-9,12-15,18-21H,10-11,26H2,1-4H3,(H,27,28)(H,29,33)(H,30,34)(H,31,32)(H,35,36). The number of nitrogens with two attached hydrogens (primary N) is 1. The second-order valence-electron chi connectivity index (χ2n) is 9.43. The molecule has 11 nitrogen and oxygen atoms in total. The largest absolute Gasteiger partial charge is 0.480 e. The van der Waals surface area contributed by atoms with Gasteiger partial charge in [-0.1, -0.05) is 58.0 Å². The minimum atomic E-state index is -1.22. The first-order valence-electron chi connectivity index (χ1n) is 11.9. The number of carboxylic acids is 1.